The van der Waals surface area contributed by atoms with E-state index in [1.807, 2.05) is 42.5 Å². The monoisotopic (exact) mass is 297 g/mol. The third-order valence-corrected chi connectivity index (χ3v) is 3.61. The topological polar surface area (TPSA) is 78.0 Å². The number of H-pyrrole nitrogens is 1. The molecule has 0 radical (unpaired) electrons. The van der Waals surface area contributed by atoms with Gasteiger partial charge in [0.1, 0.15) is 5.82 Å². The molecule has 114 valence electrons. The van der Waals surface area contributed by atoms with E-state index in [2.05, 4.69) is 15.5 Å². The predicted molar refractivity (Wildman–Crippen MR) is 85.2 cm³/mol. The second kappa shape index (κ2) is 6.58. The van der Waals surface area contributed by atoms with Crippen LogP contribution in [0.3, 0.4) is 0 Å². The Morgan fingerprint density at radius 1 is 1.41 bits per heavy atom. The summed E-state index contributed by atoms with van der Waals surface area (Å²) in [7, 11) is 0. The van der Waals surface area contributed by atoms with E-state index < -0.39 is 0 Å². The van der Waals surface area contributed by atoms with Crippen LogP contribution in [0.5, 0.6) is 0 Å². The number of aliphatic hydroxyl groups is 1. The number of hydrogen-bond donors (Lipinski definition) is 3. The zero-order chi connectivity index (χ0) is 15.4. The van der Waals surface area contributed by atoms with Gasteiger partial charge < -0.3 is 10.4 Å². The summed E-state index contributed by atoms with van der Waals surface area (Å²) in [6.07, 6.45) is 6.36. The Balaban J connectivity index is 1.51. The summed E-state index contributed by atoms with van der Waals surface area (Å²) in [5.74, 6) is 1.14. The summed E-state index contributed by atoms with van der Waals surface area (Å²) < 4.78 is 0. The molecule has 22 heavy (non-hydrogen) atoms. The molecular formula is C17H19N3O2. The molecule has 5 nitrogen and oxygen atoms in total. The fourth-order valence-corrected chi connectivity index (χ4v) is 2.29. The molecule has 0 spiro atoms. The first-order chi connectivity index (χ1) is 10.7. The van der Waals surface area contributed by atoms with E-state index in [0.29, 0.717) is 18.2 Å². The molecule has 0 saturated heterocycles. The number of rotatable bonds is 6. The zero-order valence-electron chi connectivity index (χ0n) is 12.2. The van der Waals surface area contributed by atoms with Crippen molar-refractivity contribution in [2.24, 2.45) is 0 Å². The smallest absolute Gasteiger partial charge is 0.229 e. The SMILES string of the molecule is O=C(C/C=C/c1cccc(CO)c1)Nc1cc(C2CC2)n[nH]1. The molecule has 3 rings (SSSR count). The van der Waals surface area contributed by atoms with Crippen LogP contribution in [0.4, 0.5) is 5.82 Å². The average Bonchev–Trinajstić information content (AvgIpc) is 3.28. The maximum absolute atomic E-state index is 11.9. The Hall–Kier alpha value is -2.40. The van der Waals surface area contributed by atoms with Crippen LogP contribution < -0.4 is 5.32 Å². The third kappa shape index (κ3) is 3.83. The van der Waals surface area contributed by atoms with Crippen LogP contribution in [0.15, 0.2) is 36.4 Å². The number of benzene rings is 1. The number of amides is 1. The first kappa shape index (κ1) is 14.5. The fraction of sp³-hybridized carbons (Fsp3) is 0.294. The summed E-state index contributed by atoms with van der Waals surface area (Å²) in [5, 5.41) is 18.9. The second-order valence-electron chi connectivity index (χ2n) is 5.54. The van der Waals surface area contributed by atoms with E-state index in [9.17, 15) is 4.79 Å². The van der Waals surface area contributed by atoms with Crippen molar-refractivity contribution >= 4 is 17.8 Å². The van der Waals surface area contributed by atoms with Gasteiger partial charge >= 0.3 is 0 Å². The summed E-state index contributed by atoms with van der Waals surface area (Å²) in [5.41, 5.74) is 2.86. The molecule has 0 aliphatic heterocycles. The lowest BCUT2D eigenvalue weighted by Crippen LogP contribution is -2.10. The van der Waals surface area contributed by atoms with Crippen molar-refractivity contribution in [1.82, 2.24) is 10.2 Å². The highest BCUT2D eigenvalue weighted by Gasteiger charge is 2.26. The molecular weight excluding hydrogens is 278 g/mol. The Kier molecular flexibility index (Phi) is 4.34. The van der Waals surface area contributed by atoms with Crippen molar-refractivity contribution in [2.75, 3.05) is 5.32 Å². The lowest BCUT2D eigenvalue weighted by molar-refractivity contribution is -0.115. The lowest BCUT2D eigenvalue weighted by Gasteiger charge is -1.99. The van der Waals surface area contributed by atoms with Gasteiger partial charge in [0.15, 0.2) is 0 Å². The molecule has 3 N–H and O–H groups in total. The van der Waals surface area contributed by atoms with E-state index in [4.69, 9.17) is 5.11 Å². The standard InChI is InChI=1S/C17H19N3O2/c21-11-13-5-1-3-12(9-13)4-2-6-17(22)18-16-10-15(19-20-16)14-7-8-14/h1-5,9-10,14,21H,6-8,11H2,(H2,18,19,20,22)/b4-2+. The number of carbonyl (C=O) groups is 1. The minimum atomic E-state index is -0.0828. The van der Waals surface area contributed by atoms with Crippen LogP contribution >= 0.6 is 0 Å². The highest BCUT2D eigenvalue weighted by atomic mass is 16.3. The number of nitrogens with one attached hydrogen (secondary N) is 2. The summed E-state index contributed by atoms with van der Waals surface area (Å²) in [6.45, 7) is 0.0192. The van der Waals surface area contributed by atoms with Crippen LogP contribution in [0.1, 0.15) is 42.0 Å². The molecule has 1 aromatic carbocycles. The molecule has 0 atom stereocenters. The highest BCUT2D eigenvalue weighted by molar-refractivity contribution is 5.91. The van der Waals surface area contributed by atoms with Gasteiger partial charge in [-0.3, -0.25) is 9.89 Å². The summed E-state index contributed by atoms with van der Waals surface area (Å²) in [4.78, 5) is 11.9. The molecule has 1 aliphatic carbocycles. The van der Waals surface area contributed by atoms with Crippen LogP contribution in [-0.2, 0) is 11.4 Å². The van der Waals surface area contributed by atoms with Gasteiger partial charge in [0, 0.05) is 18.4 Å². The number of nitrogens with zero attached hydrogens (tertiary/aromatic N) is 1. The molecule has 0 bridgehead atoms. The molecule has 0 unspecified atom stereocenters. The van der Waals surface area contributed by atoms with Crippen LogP contribution in [0, 0.1) is 0 Å². The largest absolute Gasteiger partial charge is 0.392 e. The van der Waals surface area contributed by atoms with Crippen molar-refractivity contribution in [1.29, 1.82) is 0 Å². The van der Waals surface area contributed by atoms with Crippen molar-refractivity contribution in [3.05, 3.63) is 53.2 Å². The fourth-order valence-electron chi connectivity index (χ4n) is 2.29. The van der Waals surface area contributed by atoms with E-state index in [1.165, 1.54) is 12.8 Å². The Bertz CT molecular complexity index is 687. The number of aliphatic hydroxyl groups excluding tert-OH is 1. The first-order valence-corrected chi connectivity index (χ1v) is 7.46. The van der Waals surface area contributed by atoms with E-state index >= 15 is 0 Å². The Morgan fingerprint density at radius 3 is 3.05 bits per heavy atom. The van der Waals surface area contributed by atoms with Gasteiger partial charge in [-0.2, -0.15) is 5.10 Å². The lowest BCUT2D eigenvalue weighted by atomic mass is 10.1. The van der Waals surface area contributed by atoms with Crippen LogP contribution in [0.2, 0.25) is 0 Å². The number of aromatic nitrogens is 2. The summed E-state index contributed by atoms with van der Waals surface area (Å²) in [6, 6.07) is 9.48. The highest BCUT2D eigenvalue weighted by Crippen LogP contribution is 2.39. The number of hydrogen-bond acceptors (Lipinski definition) is 3. The van der Waals surface area contributed by atoms with Gasteiger partial charge in [0.25, 0.3) is 0 Å². The molecule has 5 heteroatoms. The molecule has 2 aromatic rings. The van der Waals surface area contributed by atoms with Gasteiger partial charge in [-0.1, -0.05) is 30.4 Å². The van der Waals surface area contributed by atoms with Crippen molar-refractivity contribution in [3.63, 3.8) is 0 Å². The molecule has 1 saturated carbocycles. The van der Waals surface area contributed by atoms with Gasteiger partial charge in [0.2, 0.25) is 5.91 Å². The average molecular weight is 297 g/mol. The van der Waals surface area contributed by atoms with Crippen LogP contribution in [0.25, 0.3) is 6.08 Å². The summed E-state index contributed by atoms with van der Waals surface area (Å²) >= 11 is 0. The van der Waals surface area contributed by atoms with Gasteiger partial charge in [0.05, 0.1) is 12.3 Å². The van der Waals surface area contributed by atoms with Gasteiger partial charge in [-0.05, 0) is 30.0 Å². The molecule has 1 amide bonds. The maximum atomic E-state index is 11.9. The minimum Gasteiger partial charge on any atom is -0.392 e. The second-order valence-corrected chi connectivity index (χ2v) is 5.54. The Morgan fingerprint density at radius 2 is 2.27 bits per heavy atom. The van der Waals surface area contributed by atoms with Crippen molar-refractivity contribution in [2.45, 2.75) is 31.8 Å². The maximum Gasteiger partial charge on any atom is 0.229 e. The van der Waals surface area contributed by atoms with Gasteiger partial charge in [-0.15, -0.1) is 0 Å². The number of aromatic amines is 1. The quantitative estimate of drug-likeness (QED) is 0.767. The zero-order valence-corrected chi connectivity index (χ0v) is 12.2. The van der Waals surface area contributed by atoms with E-state index in [1.54, 1.807) is 0 Å². The third-order valence-electron chi connectivity index (χ3n) is 3.61. The normalized spacial score (nSPS) is 14.4. The van der Waals surface area contributed by atoms with E-state index in [-0.39, 0.29) is 12.5 Å². The Labute approximate surface area is 129 Å². The molecule has 1 aromatic heterocycles. The van der Waals surface area contributed by atoms with Gasteiger partial charge in [-0.25, -0.2) is 0 Å². The molecule has 1 aliphatic rings. The van der Waals surface area contributed by atoms with Crippen molar-refractivity contribution < 1.29 is 9.90 Å². The van der Waals surface area contributed by atoms with E-state index in [0.717, 1.165) is 16.8 Å². The minimum absolute atomic E-state index is 0.0192. The number of carbonyl (C=O) groups excluding carboxylic acids is 1. The van der Waals surface area contributed by atoms with Crippen LogP contribution in [-0.4, -0.2) is 21.2 Å². The number of anilines is 1. The molecule has 1 fully saturated rings. The van der Waals surface area contributed by atoms with Crippen molar-refractivity contribution in [3.8, 4) is 0 Å². The first-order valence-electron chi connectivity index (χ1n) is 7.46. The predicted octanol–water partition coefficient (Wildman–Crippen LogP) is 2.82. The molecule has 1 heterocycles.